The van der Waals surface area contributed by atoms with Crippen LogP contribution in [0.2, 0.25) is 0 Å². The van der Waals surface area contributed by atoms with Crippen LogP contribution in [-0.4, -0.2) is 59.5 Å². The zero-order chi connectivity index (χ0) is 18.1. The van der Waals surface area contributed by atoms with Gasteiger partial charge in [0.25, 0.3) is 5.91 Å². The van der Waals surface area contributed by atoms with E-state index in [1.54, 1.807) is 12.5 Å². The number of carbonyl (C=O) groups excluding carboxylic acids is 1. The minimum absolute atomic E-state index is 0.00260. The molecule has 0 bridgehead atoms. The van der Waals surface area contributed by atoms with E-state index in [2.05, 4.69) is 16.9 Å². The summed E-state index contributed by atoms with van der Waals surface area (Å²) in [6.07, 6.45) is 6.26. The Morgan fingerprint density at radius 2 is 2.27 bits per heavy atom. The molecule has 1 atom stereocenters. The van der Waals surface area contributed by atoms with Gasteiger partial charge in [-0.3, -0.25) is 14.7 Å². The lowest BCUT2D eigenvalue weighted by Gasteiger charge is -2.51. The van der Waals surface area contributed by atoms with Gasteiger partial charge in [-0.1, -0.05) is 6.07 Å². The largest absolute Gasteiger partial charge is 0.459 e. The van der Waals surface area contributed by atoms with Crippen LogP contribution in [0.1, 0.15) is 28.1 Å². The summed E-state index contributed by atoms with van der Waals surface area (Å²) in [6.45, 7) is 5.79. The predicted molar refractivity (Wildman–Crippen MR) is 96.7 cm³/mol. The monoisotopic (exact) mass is 355 g/mol. The number of furan rings is 1. The topological polar surface area (TPSA) is 58.8 Å². The Balaban J connectivity index is 1.28. The fraction of sp³-hybridized carbons (Fsp3) is 0.500. The SMILES string of the molecule is Cc1ccoc1C(=O)N1CC2(C[C@@H](COCc3cccnc3)CN2C)C1. The molecule has 4 heterocycles. The second kappa shape index (κ2) is 6.85. The van der Waals surface area contributed by atoms with E-state index < -0.39 is 0 Å². The van der Waals surface area contributed by atoms with Gasteiger partial charge in [-0.25, -0.2) is 0 Å². The molecule has 0 N–H and O–H groups in total. The maximum atomic E-state index is 12.5. The normalized spacial score (nSPS) is 21.9. The molecular formula is C20H25N3O3. The Morgan fingerprint density at radius 1 is 1.42 bits per heavy atom. The highest BCUT2D eigenvalue weighted by atomic mass is 16.5. The van der Waals surface area contributed by atoms with Crippen LogP contribution in [0.5, 0.6) is 0 Å². The van der Waals surface area contributed by atoms with E-state index in [9.17, 15) is 4.79 Å². The first kappa shape index (κ1) is 17.2. The number of aryl methyl sites for hydroxylation is 1. The number of pyridine rings is 1. The maximum Gasteiger partial charge on any atom is 0.289 e. The first-order valence-electron chi connectivity index (χ1n) is 9.09. The van der Waals surface area contributed by atoms with Crippen LogP contribution >= 0.6 is 0 Å². The van der Waals surface area contributed by atoms with Crippen molar-refractivity contribution >= 4 is 5.91 Å². The van der Waals surface area contributed by atoms with Crippen molar-refractivity contribution in [3.63, 3.8) is 0 Å². The Morgan fingerprint density at radius 3 is 2.96 bits per heavy atom. The highest BCUT2D eigenvalue weighted by Gasteiger charge is 2.53. The minimum atomic E-state index is 0.00260. The van der Waals surface area contributed by atoms with Crippen molar-refractivity contribution in [2.45, 2.75) is 25.5 Å². The Hall–Kier alpha value is -2.18. The smallest absolute Gasteiger partial charge is 0.289 e. The van der Waals surface area contributed by atoms with E-state index in [1.807, 2.05) is 36.2 Å². The van der Waals surface area contributed by atoms with Gasteiger partial charge in [0, 0.05) is 37.6 Å². The van der Waals surface area contributed by atoms with Crippen LogP contribution in [0.4, 0.5) is 0 Å². The van der Waals surface area contributed by atoms with Crippen LogP contribution in [0.15, 0.2) is 41.3 Å². The highest BCUT2D eigenvalue weighted by molar-refractivity contribution is 5.93. The van der Waals surface area contributed by atoms with E-state index in [4.69, 9.17) is 9.15 Å². The summed E-state index contributed by atoms with van der Waals surface area (Å²) in [5.41, 5.74) is 2.10. The van der Waals surface area contributed by atoms with E-state index >= 15 is 0 Å². The van der Waals surface area contributed by atoms with Gasteiger partial charge in [0.15, 0.2) is 5.76 Å². The molecule has 0 aliphatic carbocycles. The Bertz CT molecular complexity index is 768. The van der Waals surface area contributed by atoms with Crippen molar-refractivity contribution in [1.29, 1.82) is 0 Å². The van der Waals surface area contributed by atoms with Crippen molar-refractivity contribution < 1.29 is 13.9 Å². The molecule has 138 valence electrons. The quantitative estimate of drug-likeness (QED) is 0.824. The van der Waals surface area contributed by atoms with Crippen molar-refractivity contribution in [3.8, 4) is 0 Å². The molecule has 0 radical (unpaired) electrons. The van der Waals surface area contributed by atoms with Crippen LogP contribution in [-0.2, 0) is 11.3 Å². The van der Waals surface area contributed by atoms with Gasteiger partial charge in [0.05, 0.1) is 25.0 Å². The molecule has 1 spiro atoms. The fourth-order valence-corrected chi connectivity index (χ4v) is 4.19. The highest BCUT2D eigenvalue weighted by Crippen LogP contribution is 2.40. The average Bonchev–Trinajstić information content (AvgIpc) is 3.17. The number of likely N-dealkylation sites (N-methyl/N-ethyl adjacent to an activating group) is 1. The first-order chi connectivity index (χ1) is 12.6. The molecule has 2 aliphatic heterocycles. The van der Waals surface area contributed by atoms with Crippen LogP contribution < -0.4 is 0 Å². The van der Waals surface area contributed by atoms with E-state index in [0.29, 0.717) is 18.3 Å². The zero-order valence-electron chi connectivity index (χ0n) is 15.4. The van der Waals surface area contributed by atoms with Crippen molar-refractivity contribution in [3.05, 3.63) is 53.7 Å². The van der Waals surface area contributed by atoms with Gasteiger partial charge in [0.2, 0.25) is 0 Å². The summed E-state index contributed by atoms with van der Waals surface area (Å²) in [5, 5.41) is 0. The minimum Gasteiger partial charge on any atom is -0.459 e. The second-order valence-corrected chi connectivity index (χ2v) is 7.65. The third kappa shape index (κ3) is 3.15. The van der Waals surface area contributed by atoms with E-state index in [0.717, 1.165) is 43.8 Å². The summed E-state index contributed by atoms with van der Waals surface area (Å²) >= 11 is 0. The average molecular weight is 355 g/mol. The molecule has 0 unspecified atom stereocenters. The second-order valence-electron chi connectivity index (χ2n) is 7.65. The number of nitrogens with zero attached hydrogens (tertiary/aromatic N) is 3. The Labute approximate surface area is 153 Å². The molecule has 2 saturated heterocycles. The number of carbonyl (C=O) groups is 1. The molecule has 1 amide bonds. The molecule has 4 rings (SSSR count). The van der Waals surface area contributed by atoms with E-state index in [-0.39, 0.29) is 11.4 Å². The van der Waals surface area contributed by atoms with Crippen molar-refractivity contribution in [2.24, 2.45) is 5.92 Å². The molecule has 26 heavy (non-hydrogen) atoms. The Kier molecular flexibility index (Phi) is 4.54. The number of rotatable bonds is 5. The molecule has 6 heteroatoms. The van der Waals surface area contributed by atoms with Crippen molar-refractivity contribution in [1.82, 2.24) is 14.8 Å². The summed E-state index contributed by atoms with van der Waals surface area (Å²) in [4.78, 5) is 20.9. The molecule has 2 aromatic heterocycles. The number of aromatic nitrogens is 1. The van der Waals surface area contributed by atoms with Gasteiger partial charge in [-0.15, -0.1) is 0 Å². The lowest BCUT2D eigenvalue weighted by Crippen LogP contribution is -2.68. The maximum absolute atomic E-state index is 12.5. The number of likely N-dealkylation sites (tertiary alicyclic amines) is 2. The molecule has 6 nitrogen and oxygen atoms in total. The van der Waals surface area contributed by atoms with Gasteiger partial charge in [0.1, 0.15) is 0 Å². The van der Waals surface area contributed by atoms with Gasteiger partial charge in [-0.2, -0.15) is 0 Å². The molecule has 0 saturated carbocycles. The van der Waals surface area contributed by atoms with Crippen molar-refractivity contribution in [2.75, 3.05) is 33.3 Å². The number of amides is 1. The molecule has 0 aromatic carbocycles. The molecule has 2 aromatic rings. The summed E-state index contributed by atoms with van der Waals surface area (Å²) in [5.74, 6) is 0.971. The third-order valence-electron chi connectivity index (χ3n) is 5.67. The fourth-order valence-electron chi connectivity index (χ4n) is 4.19. The summed E-state index contributed by atoms with van der Waals surface area (Å²) in [7, 11) is 2.15. The van der Waals surface area contributed by atoms with Crippen LogP contribution in [0.25, 0.3) is 0 Å². The molecule has 2 fully saturated rings. The number of ether oxygens (including phenoxy) is 1. The van der Waals surface area contributed by atoms with Gasteiger partial charge in [-0.05, 0) is 44.0 Å². The van der Waals surface area contributed by atoms with Gasteiger partial charge < -0.3 is 14.1 Å². The molecule has 2 aliphatic rings. The summed E-state index contributed by atoms with van der Waals surface area (Å²) < 4.78 is 11.2. The predicted octanol–water partition coefficient (Wildman–Crippen LogP) is 2.35. The summed E-state index contributed by atoms with van der Waals surface area (Å²) in [6, 6.07) is 5.79. The standard InChI is InChI=1S/C20H25N3O3/c1-15-5-7-26-18(15)19(24)23-13-20(14-23)8-17(10-22(20)2)12-25-11-16-4-3-6-21-9-16/h3-7,9,17H,8,10-14H2,1-2H3/t17-/m1/s1. The number of hydrogen-bond donors (Lipinski definition) is 0. The number of hydrogen-bond acceptors (Lipinski definition) is 5. The van der Waals surface area contributed by atoms with Crippen LogP contribution in [0.3, 0.4) is 0 Å². The lowest BCUT2D eigenvalue weighted by atomic mass is 9.84. The van der Waals surface area contributed by atoms with E-state index in [1.165, 1.54) is 0 Å². The zero-order valence-corrected chi connectivity index (χ0v) is 15.4. The van der Waals surface area contributed by atoms with Gasteiger partial charge >= 0.3 is 0 Å². The third-order valence-corrected chi connectivity index (χ3v) is 5.67. The first-order valence-corrected chi connectivity index (χ1v) is 9.09. The van der Waals surface area contributed by atoms with Crippen LogP contribution in [0, 0.1) is 12.8 Å². The lowest BCUT2D eigenvalue weighted by molar-refractivity contribution is -0.00991. The molecular weight excluding hydrogens is 330 g/mol.